The van der Waals surface area contributed by atoms with Gasteiger partial charge in [-0.25, -0.2) is 0 Å². The van der Waals surface area contributed by atoms with Crippen LogP contribution in [0, 0.1) is 0 Å². The number of rotatable bonds is 7. The Balaban J connectivity index is 2.31. The number of ether oxygens (including phenoxy) is 2. The van der Waals surface area contributed by atoms with E-state index in [-0.39, 0.29) is 12.5 Å². The predicted molar refractivity (Wildman–Crippen MR) is 74.1 cm³/mol. The summed E-state index contributed by atoms with van der Waals surface area (Å²) in [4.78, 5) is 11.4. The van der Waals surface area contributed by atoms with Gasteiger partial charge in [-0.15, -0.1) is 0 Å². The highest BCUT2D eigenvalue weighted by Gasteiger charge is 2.06. The summed E-state index contributed by atoms with van der Waals surface area (Å²) < 4.78 is 11.1. The Labute approximate surface area is 120 Å². The molecule has 0 aliphatic rings. The summed E-state index contributed by atoms with van der Waals surface area (Å²) >= 11 is 9.24. The van der Waals surface area contributed by atoms with Gasteiger partial charge in [-0.05, 0) is 24.6 Å². The first-order valence-electron chi connectivity index (χ1n) is 5.47. The van der Waals surface area contributed by atoms with Gasteiger partial charge in [0.05, 0.1) is 5.02 Å². The van der Waals surface area contributed by atoms with Gasteiger partial charge in [0, 0.05) is 24.7 Å². The lowest BCUT2D eigenvalue weighted by atomic mass is 10.3. The van der Waals surface area contributed by atoms with Crippen LogP contribution in [0.4, 0.5) is 0 Å². The number of hydrogen-bond donors (Lipinski definition) is 1. The number of halogens is 2. The highest BCUT2D eigenvalue weighted by Crippen LogP contribution is 2.27. The molecular weight excluding hydrogens is 321 g/mol. The molecular formula is C12H15BrClNO3. The van der Waals surface area contributed by atoms with Gasteiger partial charge < -0.3 is 14.8 Å². The van der Waals surface area contributed by atoms with E-state index in [2.05, 4.69) is 21.2 Å². The van der Waals surface area contributed by atoms with Crippen LogP contribution in [0.25, 0.3) is 0 Å². The lowest BCUT2D eigenvalue weighted by Crippen LogP contribution is -2.30. The highest BCUT2D eigenvalue weighted by atomic mass is 79.9. The van der Waals surface area contributed by atoms with Crippen LogP contribution in [-0.4, -0.2) is 32.8 Å². The molecule has 100 valence electrons. The quantitative estimate of drug-likeness (QED) is 0.779. The Morgan fingerprint density at radius 2 is 2.28 bits per heavy atom. The average Bonchev–Trinajstić information content (AvgIpc) is 2.36. The number of nitrogens with one attached hydrogen (secondary N) is 1. The van der Waals surface area contributed by atoms with Crippen LogP contribution in [0.1, 0.15) is 6.42 Å². The van der Waals surface area contributed by atoms with Crippen LogP contribution in [0.3, 0.4) is 0 Å². The lowest BCUT2D eigenvalue weighted by Gasteiger charge is -2.09. The first-order valence-corrected chi connectivity index (χ1v) is 6.64. The molecule has 1 aromatic carbocycles. The van der Waals surface area contributed by atoms with Crippen molar-refractivity contribution >= 4 is 33.4 Å². The molecule has 0 atom stereocenters. The molecule has 0 spiro atoms. The Bertz CT molecular complexity index is 401. The third kappa shape index (κ3) is 5.71. The van der Waals surface area contributed by atoms with Crippen molar-refractivity contribution < 1.29 is 14.3 Å². The third-order valence-corrected chi connectivity index (χ3v) is 2.90. The van der Waals surface area contributed by atoms with Crippen molar-refractivity contribution in [2.45, 2.75) is 6.42 Å². The van der Waals surface area contributed by atoms with Gasteiger partial charge in [0.1, 0.15) is 5.75 Å². The maximum atomic E-state index is 11.4. The second kappa shape index (κ2) is 8.34. The minimum absolute atomic E-state index is 0.0524. The molecule has 0 aliphatic heterocycles. The van der Waals surface area contributed by atoms with E-state index in [1.54, 1.807) is 25.3 Å². The van der Waals surface area contributed by atoms with Crippen LogP contribution in [-0.2, 0) is 9.53 Å². The zero-order chi connectivity index (χ0) is 13.4. The molecule has 6 heteroatoms. The van der Waals surface area contributed by atoms with Crippen LogP contribution < -0.4 is 10.1 Å². The molecule has 0 aliphatic carbocycles. The Morgan fingerprint density at radius 1 is 1.50 bits per heavy atom. The first-order chi connectivity index (χ1) is 8.63. The number of benzene rings is 1. The normalized spacial score (nSPS) is 10.2. The SMILES string of the molecule is COCCCNC(=O)COc1cc(Br)ccc1Cl. The third-order valence-electron chi connectivity index (χ3n) is 2.10. The summed E-state index contributed by atoms with van der Waals surface area (Å²) in [6.45, 7) is 1.14. The molecule has 0 heterocycles. The second-order valence-electron chi connectivity index (χ2n) is 3.56. The molecule has 4 nitrogen and oxygen atoms in total. The van der Waals surface area contributed by atoms with E-state index in [0.29, 0.717) is 23.9 Å². The molecule has 0 saturated carbocycles. The van der Waals surface area contributed by atoms with Gasteiger partial charge in [0.25, 0.3) is 5.91 Å². The maximum absolute atomic E-state index is 11.4. The van der Waals surface area contributed by atoms with Gasteiger partial charge >= 0.3 is 0 Å². The predicted octanol–water partition coefficient (Wildman–Crippen LogP) is 2.63. The Hall–Kier alpha value is -0.780. The minimum atomic E-state index is -0.179. The summed E-state index contributed by atoms with van der Waals surface area (Å²) in [6.07, 6.45) is 0.778. The van der Waals surface area contributed by atoms with E-state index in [9.17, 15) is 4.79 Å². The van der Waals surface area contributed by atoms with Gasteiger partial charge in [-0.3, -0.25) is 4.79 Å². The van der Waals surface area contributed by atoms with E-state index in [0.717, 1.165) is 10.9 Å². The van der Waals surface area contributed by atoms with Crippen molar-refractivity contribution in [3.63, 3.8) is 0 Å². The maximum Gasteiger partial charge on any atom is 0.257 e. The number of hydrogen-bond acceptors (Lipinski definition) is 3. The molecule has 0 radical (unpaired) electrons. The first kappa shape index (κ1) is 15.3. The summed E-state index contributed by atoms with van der Waals surface area (Å²) in [5.74, 6) is 0.306. The van der Waals surface area contributed by atoms with Gasteiger partial charge in [0.2, 0.25) is 0 Å². The van der Waals surface area contributed by atoms with Gasteiger partial charge in [0.15, 0.2) is 6.61 Å². The number of carbonyl (C=O) groups is 1. The zero-order valence-corrected chi connectivity index (χ0v) is 12.4. The Morgan fingerprint density at radius 3 is 3.00 bits per heavy atom. The highest BCUT2D eigenvalue weighted by molar-refractivity contribution is 9.10. The average molecular weight is 337 g/mol. The number of methoxy groups -OCH3 is 1. The van der Waals surface area contributed by atoms with Crippen molar-refractivity contribution in [2.75, 3.05) is 26.9 Å². The second-order valence-corrected chi connectivity index (χ2v) is 4.88. The van der Waals surface area contributed by atoms with E-state index in [1.807, 2.05) is 0 Å². The van der Waals surface area contributed by atoms with Crippen LogP contribution in [0.15, 0.2) is 22.7 Å². The molecule has 0 saturated heterocycles. The van der Waals surface area contributed by atoms with E-state index in [1.165, 1.54) is 0 Å². The molecule has 1 rings (SSSR count). The molecule has 1 aromatic rings. The van der Waals surface area contributed by atoms with Crippen molar-refractivity contribution in [3.8, 4) is 5.75 Å². The molecule has 18 heavy (non-hydrogen) atoms. The van der Waals surface area contributed by atoms with Crippen molar-refractivity contribution in [1.29, 1.82) is 0 Å². The molecule has 0 aromatic heterocycles. The molecule has 0 unspecified atom stereocenters. The lowest BCUT2D eigenvalue weighted by molar-refractivity contribution is -0.123. The number of carbonyl (C=O) groups excluding carboxylic acids is 1. The minimum Gasteiger partial charge on any atom is -0.482 e. The topological polar surface area (TPSA) is 47.6 Å². The summed E-state index contributed by atoms with van der Waals surface area (Å²) in [7, 11) is 1.63. The summed E-state index contributed by atoms with van der Waals surface area (Å²) in [6, 6.07) is 5.23. The smallest absolute Gasteiger partial charge is 0.257 e. The largest absolute Gasteiger partial charge is 0.482 e. The standard InChI is InChI=1S/C12H15BrClNO3/c1-17-6-2-5-15-12(16)8-18-11-7-9(13)3-4-10(11)14/h3-4,7H,2,5-6,8H2,1H3,(H,15,16). The van der Waals surface area contributed by atoms with Gasteiger partial charge in [-0.1, -0.05) is 27.5 Å². The van der Waals surface area contributed by atoms with E-state index in [4.69, 9.17) is 21.1 Å². The monoisotopic (exact) mass is 335 g/mol. The van der Waals surface area contributed by atoms with Crippen molar-refractivity contribution in [1.82, 2.24) is 5.32 Å². The Kier molecular flexibility index (Phi) is 7.08. The fourth-order valence-electron chi connectivity index (χ4n) is 1.23. The molecule has 0 fully saturated rings. The molecule has 0 bridgehead atoms. The molecule has 1 amide bonds. The van der Waals surface area contributed by atoms with E-state index >= 15 is 0 Å². The number of amides is 1. The van der Waals surface area contributed by atoms with Crippen molar-refractivity contribution in [2.24, 2.45) is 0 Å². The zero-order valence-electron chi connectivity index (χ0n) is 10.0. The summed E-state index contributed by atoms with van der Waals surface area (Å²) in [5, 5.41) is 3.20. The van der Waals surface area contributed by atoms with Crippen LogP contribution in [0.2, 0.25) is 5.02 Å². The van der Waals surface area contributed by atoms with E-state index < -0.39 is 0 Å². The van der Waals surface area contributed by atoms with Crippen LogP contribution in [0.5, 0.6) is 5.75 Å². The molecule has 1 N–H and O–H groups in total. The van der Waals surface area contributed by atoms with Crippen LogP contribution >= 0.6 is 27.5 Å². The van der Waals surface area contributed by atoms with Crippen molar-refractivity contribution in [3.05, 3.63) is 27.7 Å². The fraction of sp³-hybridized carbons (Fsp3) is 0.417. The summed E-state index contributed by atoms with van der Waals surface area (Å²) in [5.41, 5.74) is 0. The fourth-order valence-corrected chi connectivity index (χ4v) is 1.74. The van der Waals surface area contributed by atoms with Gasteiger partial charge in [-0.2, -0.15) is 0 Å².